The maximum atomic E-state index is 12.1. The van der Waals surface area contributed by atoms with Crippen molar-refractivity contribution in [3.8, 4) is 0 Å². The van der Waals surface area contributed by atoms with Gasteiger partial charge in [0.2, 0.25) is 0 Å². The highest BCUT2D eigenvalue weighted by Crippen LogP contribution is 2.65. The monoisotopic (exact) mass is 288 g/mol. The van der Waals surface area contributed by atoms with Gasteiger partial charge in [0.25, 0.3) is 0 Å². The van der Waals surface area contributed by atoms with Gasteiger partial charge in [-0.05, 0) is 66.6 Å². The van der Waals surface area contributed by atoms with E-state index in [-0.39, 0.29) is 0 Å². The number of hydrogen-bond acceptors (Lipinski definition) is 2. The summed E-state index contributed by atoms with van der Waals surface area (Å²) < 4.78 is 0. The van der Waals surface area contributed by atoms with Crippen LogP contribution in [0.4, 0.5) is 0 Å². The maximum absolute atomic E-state index is 12.1. The Balaban J connectivity index is 1.65. The second kappa shape index (κ2) is 4.43. The maximum Gasteiger partial charge on any atom is 0.133 e. The number of ketones is 2. The third-order valence-electron chi connectivity index (χ3n) is 8.05. The van der Waals surface area contributed by atoms with Crippen molar-refractivity contribution in [1.29, 1.82) is 0 Å². The van der Waals surface area contributed by atoms with Gasteiger partial charge in [-0.15, -0.1) is 0 Å². The first-order chi connectivity index (χ1) is 9.92. The Morgan fingerprint density at radius 3 is 2.52 bits per heavy atom. The van der Waals surface area contributed by atoms with Crippen LogP contribution in [0.25, 0.3) is 0 Å². The molecule has 4 aliphatic carbocycles. The second-order valence-electron chi connectivity index (χ2n) is 9.01. The first kappa shape index (κ1) is 14.0. The molecule has 21 heavy (non-hydrogen) atoms. The molecule has 0 heterocycles. The minimum Gasteiger partial charge on any atom is -0.300 e. The smallest absolute Gasteiger partial charge is 0.133 e. The summed E-state index contributed by atoms with van der Waals surface area (Å²) in [5.41, 5.74) is 0.676. The van der Waals surface area contributed by atoms with E-state index in [1.807, 2.05) is 0 Å². The molecule has 0 aromatic rings. The Morgan fingerprint density at radius 2 is 1.71 bits per heavy atom. The highest BCUT2D eigenvalue weighted by Gasteiger charge is 2.59. The molecular weight excluding hydrogens is 260 g/mol. The van der Waals surface area contributed by atoms with Gasteiger partial charge in [-0.3, -0.25) is 9.59 Å². The molecule has 0 spiro atoms. The van der Waals surface area contributed by atoms with Gasteiger partial charge in [-0.2, -0.15) is 0 Å². The molecule has 4 fully saturated rings. The molecule has 6 atom stereocenters. The summed E-state index contributed by atoms with van der Waals surface area (Å²) in [6.07, 6.45) is 9.45. The van der Waals surface area contributed by atoms with Crippen molar-refractivity contribution in [2.75, 3.05) is 0 Å². The molecule has 2 nitrogen and oxygen atoms in total. The molecule has 0 saturated heterocycles. The number of fused-ring (bicyclic) bond motifs is 5. The lowest BCUT2D eigenvalue weighted by Crippen LogP contribution is -2.52. The zero-order valence-corrected chi connectivity index (χ0v) is 13.5. The van der Waals surface area contributed by atoms with Crippen LogP contribution >= 0.6 is 0 Å². The number of rotatable bonds is 0. The van der Waals surface area contributed by atoms with Crippen molar-refractivity contribution in [3.63, 3.8) is 0 Å². The first-order valence-electron chi connectivity index (χ1n) is 8.96. The molecule has 0 aliphatic heterocycles. The van der Waals surface area contributed by atoms with Gasteiger partial charge in [-0.25, -0.2) is 0 Å². The normalized spacial score (nSPS) is 53.0. The Labute approximate surface area is 128 Å². The van der Waals surface area contributed by atoms with Crippen LogP contribution < -0.4 is 0 Å². The highest BCUT2D eigenvalue weighted by molar-refractivity contribution is 5.82. The van der Waals surface area contributed by atoms with Crippen molar-refractivity contribution in [2.24, 2.45) is 34.5 Å². The van der Waals surface area contributed by atoms with E-state index in [1.165, 1.54) is 25.7 Å². The van der Waals surface area contributed by atoms with Crippen LogP contribution in [0.2, 0.25) is 0 Å². The Morgan fingerprint density at radius 1 is 0.905 bits per heavy atom. The molecule has 0 amide bonds. The number of carbonyl (C=O) groups is 2. The molecule has 0 N–H and O–H groups in total. The molecule has 4 aliphatic rings. The van der Waals surface area contributed by atoms with Crippen molar-refractivity contribution < 1.29 is 9.59 Å². The standard InChI is InChI=1S/C19H28O2/c1-18-7-6-16-15(17(18)10-14(21)11-18)4-3-12-9-13(20)5-8-19(12,16)2/h12,15-17H,3-11H2,1-2H3/t12-,15+,16-,17-,18+,19+/m1/s1. The first-order valence-corrected chi connectivity index (χ1v) is 8.96. The minimum atomic E-state index is 0.298. The second-order valence-corrected chi connectivity index (χ2v) is 9.01. The van der Waals surface area contributed by atoms with Gasteiger partial charge in [-0.1, -0.05) is 13.8 Å². The van der Waals surface area contributed by atoms with Crippen LogP contribution in [-0.2, 0) is 9.59 Å². The van der Waals surface area contributed by atoms with E-state index >= 15 is 0 Å². The molecule has 2 heteroatoms. The molecule has 4 saturated carbocycles. The third-order valence-corrected chi connectivity index (χ3v) is 8.05. The minimum absolute atomic E-state index is 0.298. The van der Waals surface area contributed by atoms with Gasteiger partial charge in [0, 0.05) is 25.7 Å². The summed E-state index contributed by atoms with van der Waals surface area (Å²) >= 11 is 0. The summed E-state index contributed by atoms with van der Waals surface area (Å²) in [7, 11) is 0. The SMILES string of the molecule is C[C@@]12CC[C@@H]3[C@H](CC[C@@H]4CC(=O)CC[C@@]43C)[C@H]1CC(=O)C2. The van der Waals surface area contributed by atoms with E-state index in [0.29, 0.717) is 34.2 Å². The van der Waals surface area contributed by atoms with Gasteiger partial charge in [0.05, 0.1) is 0 Å². The van der Waals surface area contributed by atoms with Crippen LogP contribution in [0, 0.1) is 34.5 Å². The van der Waals surface area contributed by atoms with Crippen LogP contribution in [0.3, 0.4) is 0 Å². The lowest BCUT2D eigenvalue weighted by Gasteiger charge is -2.59. The zero-order chi connectivity index (χ0) is 14.8. The fourth-order valence-electron chi connectivity index (χ4n) is 6.82. The molecular formula is C19H28O2. The van der Waals surface area contributed by atoms with E-state index in [4.69, 9.17) is 0 Å². The van der Waals surface area contributed by atoms with Crippen LogP contribution in [0.5, 0.6) is 0 Å². The molecule has 0 aromatic heterocycles. The van der Waals surface area contributed by atoms with Crippen LogP contribution in [0.15, 0.2) is 0 Å². The fraction of sp³-hybridized carbons (Fsp3) is 0.895. The largest absolute Gasteiger partial charge is 0.300 e. The molecule has 0 radical (unpaired) electrons. The van der Waals surface area contributed by atoms with E-state index in [1.54, 1.807) is 0 Å². The number of carbonyl (C=O) groups excluding carboxylic acids is 2. The van der Waals surface area contributed by atoms with Gasteiger partial charge in [0.15, 0.2) is 0 Å². The van der Waals surface area contributed by atoms with Gasteiger partial charge in [0.1, 0.15) is 11.6 Å². The summed E-state index contributed by atoms with van der Waals surface area (Å²) in [6, 6.07) is 0. The van der Waals surface area contributed by atoms with Gasteiger partial charge >= 0.3 is 0 Å². The molecule has 116 valence electrons. The fourth-order valence-corrected chi connectivity index (χ4v) is 6.82. The predicted octanol–water partition coefficient (Wildman–Crippen LogP) is 4.17. The van der Waals surface area contributed by atoms with Crippen molar-refractivity contribution >= 4 is 11.6 Å². The number of hydrogen-bond donors (Lipinski definition) is 0. The summed E-state index contributed by atoms with van der Waals surface area (Å²) in [6.45, 7) is 4.85. The average molecular weight is 288 g/mol. The lowest BCUT2D eigenvalue weighted by molar-refractivity contribution is -0.137. The third kappa shape index (κ3) is 1.90. The zero-order valence-electron chi connectivity index (χ0n) is 13.5. The van der Waals surface area contributed by atoms with Crippen LogP contribution in [-0.4, -0.2) is 11.6 Å². The average Bonchev–Trinajstić information content (AvgIpc) is 2.74. The van der Waals surface area contributed by atoms with E-state index in [2.05, 4.69) is 13.8 Å². The molecule has 0 aromatic carbocycles. The van der Waals surface area contributed by atoms with Gasteiger partial charge < -0.3 is 0 Å². The summed E-state index contributed by atoms with van der Waals surface area (Å²) in [4.78, 5) is 23.9. The lowest BCUT2D eigenvalue weighted by atomic mass is 9.45. The quantitative estimate of drug-likeness (QED) is 0.670. The van der Waals surface area contributed by atoms with Crippen molar-refractivity contribution in [3.05, 3.63) is 0 Å². The Kier molecular flexibility index (Phi) is 2.94. The summed E-state index contributed by atoms with van der Waals surface area (Å²) in [5.74, 6) is 3.79. The highest BCUT2D eigenvalue weighted by atomic mass is 16.1. The van der Waals surface area contributed by atoms with Crippen LogP contribution in [0.1, 0.15) is 71.6 Å². The van der Waals surface area contributed by atoms with E-state index in [9.17, 15) is 9.59 Å². The number of Topliss-reactive ketones (excluding diaryl/α,β-unsaturated/α-hetero) is 2. The van der Waals surface area contributed by atoms with Crippen molar-refractivity contribution in [1.82, 2.24) is 0 Å². The predicted molar refractivity (Wildman–Crippen MR) is 81.7 cm³/mol. The van der Waals surface area contributed by atoms with E-state index < -0.39 is 0 Å². The van der Waals surface area contributed by atoms with Crippen molar-refractivity contribution in [2.45, 2.75) is 71.6 Å². The summed E-state index contributed by atoms with van der Waals surface area (Å²) in [5, 5.41) is 0. The molecule has 0 unspecified atom stereocenters. The Bertz CT molecular complexity index is 496. The molecule has 0 bridgehead atoms. The Hall–Kier alpha value is -0.660. The molecule has 4 rings (SSSR count). The topological polar surface area (TPSA) is 34.1 Å². The van der Waals surface area contributed by atoms with E-state index in [0.717, 1.165) is 43.9 Å².